The normalized spacial score (nSPS) is 12.0. The number of aryl methyl sites for hydroxylation is 1. The summed E-state index contributed by atoms with van der Waals surface area (Å²) in [6, 6.07) is 0. The third-order valence-electron chi connectivity index (χ3n) is 2.77. The lowest BCUT2D eigenvalue weighted by Gasteiger charge is -2.14. The highest BCUT2D eigenvalue weighted by molar-refractivity contribution is 7.09. The molecule has 5 nitrogen and oxygen atoms in total. The maximum Gasteiger partial charge on any atom is 0.151 e. The highest BCUT2D eigenvalue weighted by atomic mass is 32.1. The van der Waals surface area contributed by atoms with E-state index in [1.807, 2.05) is 7.05 Å². The molecule has 0 aliphatic rings. The molecule has 1 N–H and O–H groups in total. The van der Waals surface area contributed by atoms with Crippen molar-refractivity contribution >= 4 is 11.3 Å². The predicted molar refractivity (Wildman–Crippen MR) is 77.2 cm³/mol. The molecule has 2 aromatic heterocycles. The van der Waals surface area contributed by atoms with Crippen molar-refractivity contribution in [3.05, 3.63) is 28.2 Å². The van der Waals surface area contributed by atoms with E-state index in [0.717, 1.165) is 30.3 Å². The highest BCUT2D eigenvalue weighted by Gasteiger charge is 2.17. The summed E-state index contributed by atoms with van der Waals surface area (Å²) < 4.78 is 1.73. The fraction of sp³-hybridized carbons (Fsp3) is 0.615. The molecule has 0 aliphatic heterocycles. The van der Waals surface area contributed by atoms with Crippen LogP contribution in [0.1, 0.15) is 37.3 Å². The molecule has 6 heteroatoms. The lowest BCUT2D eigenvalue weighted by molar-refractivity contribution is 0.568. The zero-order valence-corrected chi connectivity index (χ0v) is 12.8. The Morgan fingerprint density at radius 1 is 1.37 bits per heavy atom. The molecular formula is C13H21N5S. The summed E-state index contributed by atoms with van der Waals surface area (Å²) in [5.74, 6) is 0.879. The number of aromatic nitrogens is 4. The van der Waals surface area contributed by atoms with Crippen molar-refractivity contribution in [3.63, 3.8) is 0 Å². The molecule has 0 fully saturated rings. The van der Waals surface area contributed by atoms with E-state index in [-0.39, 0.29) is 5.41 Å². The van der Waals surface area contributed by atoms with Crippen LogP contribution in [-0.4, -0.2) is 26.3 Å². The lowest BCUT2D eigenvalue weighted by Crippen LogP contribution is -2.18. The first-order chi connectivity index (χ1) is 8.95. The first-order valence-corrected chi connectivity index (χ1v) is 7.33. The van der Waals surface area contributed by atoms with Gasteiger partial charge in [-0.1, -0.05) is 20.8 Å². The van der Waals surface area contributed by atoms with Gasteiger partial charge in [0.05, 0.1) is 5.69 Å². The fourth-order valence-corrected chi connectivity index (χ4v) is 2.62. The third-order valence-corrected chi connectivity index (χ3v) is 3.62. The van der Waals surface area contributed by atoms with Gasteiger partial charge in [0.1, 0.15) is 11.3 Å². The van der Waals surface area contributed by atoms with Gasteiger partial charge >= 0.3 is 0 Å². The van der Waals surface area contributed by atoms with Gasteiger partial charge in [0.25, 0.3) is 0 Å². The van der Waals surface area contributed by atoms with E-state index in [0.29, 0.717) is 0 Å². The molecule has 0 atom stereocenters. The molecule has 2 aromatic rings. The Morgan fingerprint density at radius 2 is 2.16 bits per heavy atom. The Hall–Kier alpha value is -1.27. The first kappa shape index (κ1) is 14.1. The van der Waals surface area contributed by atoms with Crippen LogP contribution >= 0.6 is 11.3 Å². The number of nitrogens with zero attached hydrogens (tertiary/aromatic N) is 4. The van der Waals surface area contributed by atoms with Crippen molar-refractivity contribution in [2.75, 3.05) is 6.54 Å². The summed E-state index contributed by atoms with van der Waals surface area (Å²) in [5.41, 5.74) is 1.30. The van der Waals surface area contributed by atoms with Crippen molar-refractivity contribution in [3.8, 4) is 0 Å². The van der Waals surface area contributed by atoms with Gasteiger partial charge < -0.3 is 5.32 Å². The number of hydrogen-bond donors (Lipinski definition) is 1. The maximum atomic E-state index is 4.65. The van der Waals surface area contributed by atoms with Crippen LogP contribution in [0.2, 0.25) is 0 Å². The molecule has 2 heterocycles. The lowest BCUT2D eigenvalue weighted by atomic mass is 9.93. The average molecular weight is 279 g/mol. The summed E-state index contributed by atoms with van der Waals surface area (Å²) in [6.45, 7) is 8.24. The molecule has 0 aromatic carbocycles. The molecule has 2 rings (SSSR count). The van der Waals surface area contributed by atoms with Gasteiger partial charge in [-0.2, -0.15) is 5.10 Å². The summed E-state index contributed by atoms with van der Waals surface area (Å²) >= 11 is 1.72. The van der Waals surface area contributed by atoms with Crippen LogP contribution in [0.5, 0.6) is 0 Å². The summed E-state index contributed by atoms with van der Waals surface area (Å²) in [5, 5.41) is 10.9. The van der Waals surface area contributed by atoms with E-state index >= 15 is 0 Å². The van der Waals surface area contributed by atoms with Crippen LogP contribution in [0.3, 0.4) is 0 Å². The molecule has 0 saturated carbocycles. The Morgan fingerprint density at radius 3 is 2.74 bits per heavy atom. The Kier molecular flexibility index (Phi) is 4.31. The van der Waals surface area contributed by atoms with E-state index in [9.17, 15) is 0 Å². The molecule has 19 heavy (non-hydrogen) atoms. The highest BCUT2D eigenvalue weighted by Crippen LogP contribution is 2.23. The van der Waals surface area contributed by atoms with E-state index < -0.39 is 0 Å². The van der Waals surface area contributed by atoms with E-state index in [1.165, 1.54) is 5.69 Å². The van der Waals surface area contributed by atoms with Gasteiger partial charge in [0, 0.05) is 37.4 Å². The minimum Gasteiger partial charge on any atom is -0.310 e. The average Bonchev–Trinajstić information content (AvgIpc) is 2.93. The van der Waals surface area contributed by atoms with E-state index in [2.05, 4.69) is 46.5 Å². The number of rotatable bonds is 5. The Bertz CT molecular complexity index is 523. The fourth-order valence-electron chi connectivity index (χ4n) is 1.63. The zero-order valence-electron chi connectivity index (χ0n) is 12.0. The Balaban J connectivity index is 1.75. The van der Waals surface area contributed by atoms with Crippen molar-refractivity contribution < 1.29 is 0 Å². The second-order valence-electron chi connectivity index (χ2n) is 5.64. The first-order valence-electron chi connectivity index (χ1n) is 6.45. The van der Waals surface area contributed by atoms with Gasteiger partial charge in [-0.05, 0) is 0 Å². The molecule has 0 bridgehead atoms. The van der Waals surface area contributed by atoms with Crippen LogP contribution in [-0.2, 0) is 25.4 Å². The van der Waals surface area contributed by atoms with Gasteiger partial charge in [0.2, 0.25) is 0 Å². The molecule has 0 unspecified atom stereocenters. The molecule has 0 aliphatic carbocycles. The number of thiazole rings is 1. The molecule has 0 radical (unpaired) electrons. The van der Waals surface area contributed by atoms with E-state index in [4.69, 9.17) is 0 Å². The van der Waals surface area contributed by atoms with Crippen molar-refractivity contribution in [2.24, 2.45) is 7.05 Å². The topological polar surface area (TPSA) is 55.6 Å². The minimum atomic E-state index is 0.132. The third kappa shape index (κ3) is 4.11. The van der Waals surface area contributed by atoms with Gasteiger partial charge in [-0.3, -0.25) is 4.68 Å². The summed E-state index contributed by atoms with van der Waals surface area (Å²) in [6.07, 6.45) is 2.57. The van der Waals surface area contributed by atoms with Crippen LogP contribution in [0.25, 0.3) is 0 Å². The van der Waals surface area contributed by atoms with Crippen LogP contribution < -0.4 is 5.32 Å². The monoisotopic (exact) mass is 279 g/mol. The van der Waals surface area contributed by atoms with Gasteiger partial charge in [0.15, 0.2) is 5.82 Å². The second-order valence-corrected chi connectivity index (χ2v) is 6.58. The largest absolute Gasteiger partial charge is 0.310 e. The standard InChI is InChI=1S/C13H21N5S/c1-13(2,3)10-8-19-12(16-10)7-14-6-5-11-15-9-18(4)17-11/h8-9,14H,5-7H2,1-4H3. The van der Waals surface area contributed by atoms with Crippen LogP contribution in [0.15, 0.2) is 11.7 Å². The second kappa shape index (κ2) is 5.79. The molecule has 104 valence electrons. The number of hydrogen-bond acceptors (Lipinski definition) is 5. The summed E-state index contributed by atoms with van der Waals surface area (Å²) in [7, 11) is 1.88. The quantitative estimate of drug-likeness (QED) is 0.849. The van der Waals surface area contributed by atoms with Crippen LogP contribution in [0.4, 0.5) is 0 Å². The van der Waals surface area contributed by atoms with Crippen molar-refractivity contribution in [1.82, 2.24) is 25.1 Å². The van der Waals surface area contributed by atoms with Gasteiger partial charge in [-0.25, -0.2) is 9.97 Å². The summed E-state index contributed by atoms with van der Waals surface area (Å²) in [4.78, 5) is 8.85. The SMILES string of the molecule is Cn1cnc(CCNCc2nc(C(C)(C)C)cs2)n1. The maximum absolute atomic E-state index is 4.65. The van der Waals surface area contributed by atoms with E-state index in [1.54, 1.807) is 22.3 Å². The molecule has 0 spiro atoms. The van der Waals surface area contributed by atoms with Crippen molar-refractivity contribution in [1.29, 1.82) is 0 Å². The zero-order chi connectivity index (χ0) is 13.9. The predicted octanol–water partition coefficient (Wildman–Crippen LogP) is 1.90. The number of nitrogens with one attached hydrogen (secondary N) is 1. The molecule has 0 saturated heterocycles. The molecular weight excluding hydrogens is 258 g/mol. The minimum absolute atomic E-state index is 0.132. The smallest absolute Gasteiger partial charge is 0.151 e. The van der Waals surface area contributed by atoms with Gasteiger partial charge in [-0.15, -0.1) is 11.3 Å². The molecule has 0 amide bonds. The van der Waals surface area contributed by atoms with Crippen molar-refractivity contribution in [2.45, 2.75) is 39.2 Å². The Labute approximate surface area is 118 Å². The van der Waals surface area contributed by atoms with Crippen LogP contribution in [0, 0.1) is 0 Å².